The molecular weight excluding hydrogens is 231 g/mol. The first-order valence-electron chi connectivity index (χ1n) is 6.10. The Morgan fingerprint density at radius 3 is 2.78 bits per heavy atom. The second-order valence-corrected chi connectivity index (χ2v) is 4.83. The Morgan fingerprint density at radius 2 is 2.17 bits per heavy atom. The summed E-state index contributed by atoms with van der Waals surface area (Å²) < 4.78 is 13.1. The highest BCUT2D eigenvalue weighted by Crippen LogP contribution is 2.10. The van der Waals surface area contributed by atoms with Crippen LogP contribution in [0.5, 0.6) is 0 Å². The van der Waals surface area contributed by atoms with E-state index in [2.05, 4.69) is 5.32 Å². The van der Waals surface area contributed by atoms with Gasteiger partial charge in [-0.1, -0.05) is 13.8 Å². The Labute approximate surface area is 107 Å². The van der Waals surface area contributed by atoms with E-state index in [0.717, 1.165) is 6.42 Å². The van der Waals surface area contributed by atoms with Gasteiger partial charge in [-0.15, -0.1) is 0 Å². The molecule has 0 aliphatic carbocycles. The molecule has 2 N–H and O–H groups in total. The second kappa shape index (κ2) is 7.10. The first-order valence-corrected chi connectivity index (χ1v) is 6.10. The number of benzene rings is 1. The molecule has 0 fully saturated rings. The average molecular weight is 250 g/mol. The number of nitriles is 1. The fraction of sp³-hybridized carbons (Fsp3) is 0.500. The van der Waals surface area contributed by atoms with Crippen molar-refractivity contribution in [1.82, 2.24) is 5.32 Å². The monoisotopic (exact) mass is 250 g/mol. The largest absolute Gasteiger partial charge is 0.392 e. The zero-order valence-corrected chi connectivity index (χ0v) is 10.8. The van der Waals surface area contributed by atoms with Crippen molar-refractivity contribution < 1.29 is 9.50 Å². The number of nitrogens with one attached hydrogen (secondary N) is 1. The summed E-state index contributed by atoms with van der Waals surface area (Å²) in [6.07, 6.45) is 0.311. The van der Waals surface area contributed by atoms with Gasteiger partial charge < -0.3 is 10.4 Å². The lowest BCUT2D eigenvalue weighted by Crippen LogP contribution is -2.27. The van der Waals surface area contributed by atoms with Gasteiger partial charge in [0.15, 0.2) is 0 Å². The standard InChI is InChI=1S/C14H19FN2O/c1-10(2)5-14(18)9-17-8-12-6-13(15)4-3-11(12)7-16/h3-4,6,10,14,17-18H,5,8-9H2,1-2H3. The number of hydrogen-bond donors (Lipinski definition) is 2. The predicted octanol–water partition coefficient (Wildman–Crippen LogP) is 2.19. The molecule has 0 radical (unpaired) electrons. The third-order valence-corrected chi connectivity index (χ3v) is 2.63. The van der Waals surface area contributed by atoms with Gasteiger partial charge in [0, 0.05) is 13.1 Å². The van der Waals surface area contributed by atoms with Crippen LogP contribution in [0.15, 0.2) is 18.2 Å². The van der Waals surface area contributed by atoms with E-state index in [1.807, 2.05) is 19.9 Å². The SMILES string of the molecule is CC(C)CC(O)CNCc1cc(F)ccc1C#N. The number of nitrogens with zero attached hydrogens (tertiary/aromatic N) is 1. The van der Waals surface area contributed by atoms with Crippen LogP contribution in [0.3, 0.4) is 0 Å². The summed E-state index contributed by atoms with van der Waals surface area (Å²) in [5, 5.41) is 21.6. The molecule has 0 saturated carbocycles. The van der Waals surface area contributed by atoms with E-state index >= 15 is 0 Å². The van der Waals surface area contributed by atoms with Crippen LogP contribution in [0.4, 0.5) is 4.39 Å². The lowest BCUT2D eigenvalue weighted by molar-refractivity contribution is 0.146. The van der Waals surface area contributed by atoms with Gasteiger partial charge in [-0.2, -0.15) is 5.26 Å². The van der Waals surface area contributed by atoms with Crippen LogP contribution in [0.2, 0.25) is 0 Å². The van der Waals surface area contributed by atoms with Gasteiger partial charge in [-0.25, -0.2) is 4.39 Å². The molecule has 0 heterocycles. The van der Waals surface area contributed by atoms with Crippen molar-refractivity contribution in [2.75, 3.05) is 6.54 Å². The summed E-state index contributed by atoms with van der Waals surface area (Å²) in [6.45, 7) is 4.92. The Morgan fingerprint density at radius 1 is 1.44 bits per heavy atom. The van der Waals surface area contributed by atoms with Crippen LogP contribution in [-0.2, 0) is 6.54 Å². The topological polar surface area (TPSA) is 56.0 Å². The van der Waals surface area contributed by atoms with Gasteiger partial charge in [0.1, 0.15) is 5.82 Å². The zero-order valence-electron chi connectivity index (χ0n) is 10.8. The molecule has 1 aromatic carbocycles. The molecule has 0 aliphatic heterocycles. The summed E-state index contributed by atoms with van der Waals surface area (Å²) in [5.41, 5.74) is 1.08. The third-order valence-electron chi connectivity index (χ3n) is 2.63. The fourth-order valence-corrected chi connectivity index (χ4v) is 1.82. The van der Waals surface area contributed by atoms with Crippen LogP contribution >= 0.6 is 0 Å². The number of hydrogen-bond acceptors (Lipinski definition) is 3. The van der Waals surface area contributed by atoms with E-state index in [4.69, 9.17) is 5.26 Å². The van der Waals surface area contributed by atoms with Crippen molar-refractivity contribution in [2.24, 2.45) is 5.92 Å². The van der Waals surface area contributed by atoms with Crippen LogP contribution in [0, 0.1) is 23.1 Å². The van der Waals surface area contributed by atoms with E-state index in [-0.39, 0.29) is 5.82 Å². The molecule has 1 atom stereocenters. The lowest BCUT2D eigenvalue weighted by Gasteiger charge is -2.14. The van der Waals surface area contributed by atoms with Crippen molar-refractivity contribution in [1.29, 1.82) is 5.26 Å². The Hall–Kier alpha value is -1.44. The maximum atomic E-state index is 13.1. The van der Waals surface area contributed by atoms with E-state index < -0.39 is 6.10 Å². The maximum absolute atomic E-state index is 13.1. The molecular formula is C14H19FN2O. The molecule has 1 rings (SSSR count). The molecule has 4 heteroatoms. The Bertz CT molecular complexity index is 426. The van der Waals surface area contributed by atoms with Crippen LogP contribution in [0.25, 0.3) is 0 Å². The molecule has 0 amide bonds. The van der Waals surface area contributed by atoms with Crippen LogP contribution in [0.1, 0.15) is 31.4 Å². The van der Waals surface area contributed by atoms with E-state index in [1.54, 1.807) is 0 Å². The summed E-state index contributed by atoms with van der Waals surface area (Å²) >= 11 is 0. The Kier molecular flexibility index (Phi) is 5.76. The summed E-state index contributed by atoms with van der Waals surface area (Å²) in [7, 11) is 0. The first kappa shape index (κ1) is 14.6. The zero-order chi connectivity index (χ0) is 13.5. The van der Waals surface area contributed by atoms with Gasteiger partial charge in [-0.05, 0) is 36.1 Å². The van der Waals surface area contributed by atoms with E-state index in [1.165, 1.54) is 18.2 Å². The normalized spacial score (nSPS) is 12.4. The Balaban J connectivity index is 2.49. The number of aliphatic hydroxyl groups excluding tert-OH is 1. The molecule has 98 valence electrons. The van der Waals surface area contributed by atoms with Gasteiger partial charge in [0.25, 0.3) is 0 Å². The third kappa shape index (κ3) is 4.82. The van der Waals surface area contributed by atoms with Crippen molar-refractivity contribution in [2.45, 2.75) is 32.9 Å². The molecule has 0 spiro atoms. The number of rotatable bonds is 6. The van der Waals surface area contributed by atoms with Crippen molar-refractivity contribution >= 4 is 0 Å². The molecule has 0 aliphatic rings. The van der Waals surface area contributed by atoms with E-state index in [9.17, 15) is 9.50 Å². The van der Waals surface area contributed by atoms with Gasteiger partial charge in [0.05, 0.1) is 17.7 Å². The molecule has 1 aromatic rings. The highest BCUT2D eigenvalue weighted by molar-refractivity contribution is 5.37. The van der Waals surface area contributed by atoms with Crippen LogP contribution < -0.4 is 5.32 Å². The highest BCUT2D eigenvalue weighted by Gasteiger charge is 2.08. The average Bonchev–Trinajstić information content (AvgIpc) is 2.28. The molecule has 0 aromatic heterocycles. The fourth-order valence-electron chi connectivity index (χ4n) is 1.82. The lowest BCUT2D eigenvalue weighted by atomic mass is 10.1. The molecule has 0 bridgehead atoms. The minimum atomic E-state index is -0.413. The summed E-state index contributed by atoms with van der Waals surface area (Å²) in [5.74, 6) is 0.0826. The highest BCUT2D eigenvalue weighted by atomic mass is 19.1. The molecule has 3 nitrogen and oxygen atoms in total. The quantitative estimate of drug-likeness (QED) is 0.813. The minimum Gasteiger partial charge on any atom is -0.392 e. The molecule has 0 saturated heterocycles. The van der Waals surface area contributed by atoms with Gasteiger partial charge in [0.2, 0.25) is 0 Å². The smallest absolute Gasteiger partial charge is 0.123 e. The number of aliphatic hydroxyl groups is 1. The maximum Gasteiger partial charge on any atom is 0.123 e. The summed E-state index contributed by atoms with van der Waals surface area (Å²) in [4.78, 5) is 0. The van der Waals surface area contributed by atoms with Gasteiger partial charge >= 0.3 is 0 Å². The summed E-state index contributed by atoms with van der Waals surface area (Å²) in [6, 6.07) is 6.11. The van der Waals surface area contributed by atoms with Gasteiger partial charge in [-0.3, -0.25) is 0 Å². The van der Waals surface area contributed by atoms with E-state index in [0.29, 0.717) is 30.1 Å². The molecule has 1 unspecified atom stereocenters. The first-order chi connectivity index (χ1) is 8.52. The minimum absolute atomic E-state index is 0.353. The van der Waals surface area contributed by atoms with Crippen LogP contribution in [-0.4, -0.2) is 17.8 Å². The second-order valence-electron chi connectivity index (χ2n) is 4.83. The van der Waals surface area contributed by atoms with Crippen molar-refractivity contribution in [3.63, 3.8) is 0 Å². The molecule has 18 heavy (non-hydrogen) atoms. The number of halogens is 1. The predicted molar refractivity (Wildman–Crippen MR) is 68.3 cm³/mol. The van der Waals surface area contributed by atoms with Crippen molar-refractivity contribution in [3.05, 3.63) is 35.1 Å². The van der Waals surface area contributed by atoms with Crippen molar-refractivity contribution in [3.8, 4) is 6.07 Å².